The highest BCUT2D eigenvalue weighted by atomic mass is 14.3. The van der Waals surface area contributed by atoms with Crippen LogP contribution in [0, 0.1) is 11.8 Å². The van der Waals surface area contributed by atoms with E-state index in [9.17, 15) is 0 Å². The van der Waals surface area contributed by atoms with E-state index in [2.05, 4.69) is 0 Å². The van der Waals surface area contributed by atoms with Crippen LogP contribution < -0.4 is 0 Å². The largest absolute Gasteiger partial charge is 0.0533 e. The molecular weight excluding hydrogens is 144 g/mol. The van der Waals surface area contributed by atoms with E-state index < -0.39 is 0 Å². The SMILES string of the molecule is C1CC[C](C2CCCCC2)CC1. The second-order valence-electron chi connectivity index (χ2n) is 4.55. The van der Waals surface area contributed by atoms with Crippen molar-refractivity contribution >= 4 is 0 Å². The summed E-state index contributed by atoms with van der Waals surface area (Å²) in [6, 6.07) is 0. The molecule has 0 atom stereocenters. The van der Waals surface area contributed by atoms with E-state index >= 15 is 0 Å². The van der Waals surface area contributed by atoms with Crippen molar-refractivity contribution in [1.29, 1.82) is 0 Å². The van der Waals surface area contributed by atoms with Gasteiger partial charge in [0.2, 0.25) is 0 Å². The van der Waals surface area contributed by atoms with Gasteiger partial charge in [0.15, 0.2) is 0 Å². The Labute approximate surface area is 76.7 Å². The lowest BCUT2D eigenvalue weighted by Crippen LogP contribution is -2.18. The molecule has 2 rings (SSSR count). The van der Waals surface area contributed by atoms with E-state index in [0.717, 1.165) is 5.92 Å². The maximum atomic E-state index is 1.95. The monoisotopic (exact) mass is 165 g/mol. The average Bonchev–Trinajstić information content (AvgIpc) is 2.21. The van der Waals surface area contributed by atoms with E-state index in [1.54, 1.807) is 0 Å². The Morgan fingerprint density at radius 2 is 1.25 bits per heavy atom. The molecule has 1 radical (unpaired) electrons. The first-order chi connectivity index (χ1) is 5.97. The second kappa shape index (κ2) is 4.30. The first kappa shape index (κ1) is 8.59. The van der Waals surface area contributed by atoms with Gasteiger partial charge in [0.1, 0.15) is 0 Å². The van der Waals surface area contributed by atoms with Crippen LogP contribution in [0.15, 0.2) is 0 Å². The van der Waals surface area contributed by atoms with E-state index in [4.69, 9.17) is 0 Å². The van der Waals surface area contributed by atoms with Crippen LogP contribution in [0.3, 0.4) is 0 Å². The number of hydrogen-bond acceptors (Lipinski definition) is 0. The van der Waals surface area contributed by atoms with Crippen molar-refractivity contribution in [3.8, 4) is 0 Å². The molecule has 0 aromatic rings. The van der Waals surface area contributed by atoms with E-state index in [1.807, 2.05) is 5.92 Å². The Morgan fingerprint density at radius 1 is 0.667 bits per heavy atom. The maximum Gasteiger partial charge on any atom is -0.0210 e. The number of hydrogen-bond donors (Lipinski definition) is 0. The Morgan fingerprint density at radius 3 is 1.92 bits per heavy atom. The van der Waals surface area contributed by atoms with Crippen molar-refractivity contribution in [2.24, 2.45) is 5.92 Å². The summed E-state index contributed by atoms with van der Waals surface area (Å²) >= 11 is 0. The van der Waals surface area contributed by atoms with Crippen molar-refractivity contribution in [3.63, 3.8) is 0 Å². The third-order valence-corrected chi connectivity index (χ3v) is 3.68. The van der Waals surface area contributed by atoms with E-state index in [-0.39, 0.29) is 0 Å². The zero-order chi connectivity index (χ0) is 8.23. The highest BCUT2D eigenvalue weighted by Crippen LogP contribution is 2.39. The minimum Gasteiger partial charge on any atom is -0.0533 e. The fourth-order valence-electron chi connectivity index (χ4n) is 2.92. The molecule has 0 heteroatoms. The van der Waals surface area contributed by atoms with Gasteiger partial charge in [-0.05, 0) is 37.5 Å². The van der Waals surface area contributed by atoms with Crippen LogP contribution in [0.2, 0.25) is 0 Å². The lowest BCUT2D eigenvalue weighted by molar-refractivity contribution is 0.323. The topological polar surface area (TPSA) is 0 Å². The molecule has 2 saturated carbocycles. The van der Waals surface area contributed by atoms with Gasteiger partial charge in [-0.2, -0.15) is 0 Å². The molecule has 0 unspecified atom stereocenters. The third kappa shape index (κ3) is 2.02. The molecule has 0 spiro atoms. The molecule has 2 fully saturated rings. The highest BCUT2D eigenvalue weighted by molar-refractivity contribution is 4.99. The quantitative estimate of drug-likeness (QED) is 0.548. The van der Waals surface area contributed by atoms with Gasteiger partial charge >= 0.3 is 0 Å². The highest BCUT2D eigenvalue weighted by Gasteiger charge is 2.24. The fourth-order valence-corrected chi connectivity index (χ4v) is 2.92. The molecule has 0 aliphatic heterocycles. The summed E-state index contributed by atoms with van der Waals surface area (Å²) in [6.07, 6.45) is 15.0. The summed E-state index contributed by atoms with van der Waals surface area (Å²) in [5.41, 5.74) is 0. The molecule has 0 aromatic heterocycles. The van der Waals surface area contributed by atoms with Crippen LogP contribution in [0.25, 0.3) is 0 Å². The first-order valence-corrected chi connectivity index (χ1v) is 5.81. The molecule has 2 aliphatic carbocycles. The first-order valence-electron chi connectivity index (χ1n) is 5.81. The summed E-state index contributed by atoms with van der Waals surface area (Å²) < 4.78 is 0. The van der Waals surface area contributed by atoms with Gasteiger partial charge in [-0.1, -0.05) is 38.5 Å². The Kier molecular flexibility index (Phi) is 3.08. The summed E-state index contributed by atoms with van der Waals surface area (Å²) in [5, 5.41) is 0. The van der Waals surface area contributed by atoms with Gasteiger partial charge in [0.25, 0.3) is 0 Å². The third-order valence-electron chi connectivity index (χ3n) is 3.68. The van der Waals surface area contributed by atoms with Crippen molar-refractivity contribution < 1.29 is 0 Å². The summed E-state index contributed by atoms with van der Waals surface area (Å²) in [5.74, 6) is 3.00. The van der Waals surface area contributed by atoms with E-state index in [0.29, 0.717) is 0 Å². The molecule has 0 bridgehead atoms. The molecule has 12 heavy (non-hydrogen) atoms. The zero-order valence-corrected chi connectivity index (χ0v) is 8.15. The lowest BCUT2D eigenvalue weighted by Gasteiger charge is -2.32. The van der Waals surface area contributed by atoms with Gasteiger partial charge in [-0.15, -0.1) is 0 Å². The van der Waals surface area contributed by atoms with Gasteiger partial charge in [0, 0.05) is 0 Å². The standard InChI is InChI=1S/C12H21/c1-3-7-11(8-4-1)12-9-5-2-6-10-12/h11H,1-10H2. The van der Waals surface area contributed by atoms with Gasteiger partial charge in [-0.25, -0.2) is 0 Å². The van der Waals surface area contributed by atoms with Crippen LogP contribution in [-0.4, -0.2) is 0 Å². The molecule has 0 saturated heterocycles. The Bertz CT molecular complexity index is 100. The molecule has 0 heterocycles. The van der Waals surface area contributed by atoms with Crippen LogP contribution in [-0.2, 0) is 0 Å². The molecule has 2 aliphatic rings. The van der Waals surface area contributed by atoms with Crippen LogP contribution in [0.1, 0.15) is 64.2 Å². The number of rotatable bonds is 1. The normalized spacial score (nSPS) is 29.0. The minimum atomic E-state index is 1.05. The maximum absolute atomic E-state index is 1.95. The Hall–Kier alpha value is 0. The summed E-state index contributed by atoms with van der Waals surface area (Å²) in [4.78, 5) is 0. The molecule has 0 amide bonds. The predicted molar refractivity (Wildman–Crippen MR) is 52.9 cm³/mol. The van der Waals surface area contributed by atoms with Crippen molar-refractivity contribution in [2.45, 2.75) is 64.2 Å². The van der Waals surface area contributed by atoms with Gasteiger partial charge in [0.05, 0.1) is 0 Å². The molecule has 69 valence electrons. The molecule has 0 N–H and O–H groups in total. The Balaban J connectivity index is 1.80. The summed E-state index contributed by atoms with van der Waals surface area (Å²) in [7, 11) is 0. The fraction of sp³-hybridized carbons (Fsp3) is 0.917. The minimum absolute atomic E-state index is 1.05. The van der Waals surface area contributed by atoms with Crippen LogP contribution >= 0.6 is 0 Å². The zero-order valence-electron chi connectivity index (χ0n) is 8.15. The molecular formula is C12H21. The second-order valence-corrected chi connectivity index (χ2v) is 4.55. The smallest absolute Gasteiger partial charge is 0.0210 e. The van der Waals surface area contributed by atoms with Crippen molar-refractivity contribution in [1.82, 2.24) is 0 Å². The summed E-state index contributed by atoms with van der Waals surface area (Å²) in [6.45, 7) is 0. The van der Waals surface area contributed by atoms with Crippen LogP contribution in [0.4, 0.5) is 0 Å². The van der Waals surface area contributed by atoms with Crippen molar-refractivity contribution in [2.75, 3.05) is 0 Å². The average molecular weight is 165 g/mol. The molecule has 0 aromatic carbocycles. The van der Waals surface area contributed by atoms with Crippen LogP contribution in [0.5, 0.6) is 0 Å². The predicted octanol–water partition coefficient (Wildman–Crippen LogP) is 4.11. The van der Waals surface area contributed by atoms with Gasteiger partial charge in [-0.3, -0.25) is 0 Å². The lowest BCUT2D eigenvalue weighted by atomic mass is 9.73. The van der Waals surface area contributed by atoms with Crippen molar-refractivity contribution in [3.05, 3.63) is 5.92 Å². The van der Waals surface area contributed by atoms with E-state index in [1.165, 1.54) is 64.2 Å². The van der Waals surface area contributed by atoms with Gasteiger partial charge < -0.3 is 0 Å². The molecule has 0 nitrogen and oxygen atoms in total.